The van der Waals surface area contributed by atoms with Crippen molar-refractivity contribution in [1.82, 2.24) is 4.98 Å². The SMILES string of the molecule is Oc1ccc(N=C/C=C\c2ccc(Br)cc2)cc1-c1nc2ccccc2o1. The molecule has 1 N–H and O–H groups in total. The number of aromatic nitrogens is 1. The number of allylic oxidation sites excluding steroid dienone is 1. The van der Waals surface area contributed by atoms with Crippen LogP contribution in [0.25, 0.3) is 28.6 Å². The second kappa shape index (κ2) is 7.60. The van der Waals surface area contributed by atoms with Gasteiger partial charge in [0.25, 0.3) is 0 Å². The van der Waals surface area contributed by atoms with Gasteiger partial charge in [-0.15, -0.1) is 0 Å². The van der Waals surface area contributed by atoms with Gasteiger partial charge in [-0.05, 0) is 54.1 Å². The Morgan fingerprint density at radius 2 is 1.81 bits per heavy atom. The van der Waals surface area contributed by atoms with E-state index in [-0.39, 0.29) is 5.75 Å². The summed E-state index contributed by atoms with van der Waals surface area (Å²) in [5.74, 6) is 0.474. The molecule has 27 heavy (non-hydrogen) atoms. The number of fused-ring (bicyclic) bond motifs is 1. The van der Waals surface area contributed by atoms with Gasteiger partial charge in [-0.1, -0.05) is 46.3 Å². The minimum absolute atomic E-state index is 0.103. The zero-order valence-electron chi connectivity index (χ0n) is 14.2. The van der Waals surface area contributed by atoms with Crippen LogP contribution in [0.2, 0.25) is 0 Å². The van der Waals surface area contributed by atoms with E-state index in [4.69, 9.17) is 4.42 Å². The number of benzene rings is 3. The average molecular weight is 419 g/mol. The summed E-state index contributed by atoms with van der Waals surface area (Å²) in [7, 11) is 0. The van der Waals surface area contributed by atoms with Gasteiger partial charge in [0.05, 0.1) is 11.3 Å². The van der Waals surface area contributed by atoms with Crippen LogP contribution in [-0.2, 0) is 0 Å². The zero-order valence-corrected chi connectivity index (χ0v) is 15.8. The highest BCUT2D eigenvalue weighted by molar-refractivity contribution is 9.10. The van der Waals surface area contributed by atoms with E-state index in [1.165, 1.54) is 0 Å². The third-order valence-corrected chi connectivity index (χ3v) is 4.50. The van der Waals surface area contributed by atoms with Crippen LogP contribution in [0.15, 0.2) is 86.7 Å². The molecule has 0 aliphatic rings. The first-order chi connectivity index (χ1) is 13.2. The predicted octanol–water partition coefficient (Wildman–Crippen LogP) is 6.38. The highest BCUT2D eigenvalue weighted by Crippen LogP contribution is 2.33. The van der Waals surface area contributed by atoms with Crippen molar-refractivity contribution in [2.24, 2.45) is 4.99 Å². The lowest BCUT2D eigenvalue weighted by Crippen LogP contribution is -1.79. The van der Waals surface area contributed by atoms with Gasteiger partial charge >= 0.3 is 0 Å². The van der Waals surface area contributed by atoms with Crippen molar-refractivity contribution in [3.05, 3.63) is 82.8 Å². The molecule has 4 aromatic rings. The number of oxazole rings is 1. The number of halogens is 1. The second-order valence-corrected chi connectivity index (χ2v) is 6.79. The molecule has 132 valence electrons. The molecule has 0 radical (unpaired) electrons. The number of aromatic hydroxyl groups is 1. The van der Waals surface area contributed by atoms with E-state index in [0.717, 1.165) is 15.6 Å². The Morgan fingerprint density at radius 3 is 2.63 bits per heavy atom. The summed E-state index contributed by atoms with van der Waals surface area (Å²) in [6, 6.07) is 20.6. The van der Waals surface area contributed by atoms with Crippen LogP contribution in [0, 0.1) is 0 Å². The first-order valence-corrected chi connectivity index (χ1v) is 9.13. The lowest BCUT2D eigenvalue weighted by molar-refractivity contribution is 0.474. The van der Waals surface area contributed by atoms with Crippen molar-refractivity contribution in [3.8, 4) is 17.2 Å². The Hall–Kier alpha value is -3.18. The van der Waals surface area contributed by atoms with Gasteiger partial charge in [0.15, 0.2) is 5.58 Å². The van der Waals surface area contributed by atoms with Crippen LogP contribution in [0.5, 0.6) is 5.75 Å². The Kier molecular flexibility index (Phi) is 4.85. The molecular weight excluding hydrogens is 404 g/mol. The molecule has 1 aromatic heterocycles. The molecule has 3 aromatic carbocycles. The van der Waals surface area contributed by atoms with E-state index in [9.17, 15) is 5.11 Å². The maximum absolute atomic E-state index is 10.2. The molecule has 4 rings (SSSR count). The number of aliphatic imine (C=N–C) groups is 1. The number of rotatable bonds is 4. The average Bonchev–Trinajstić information content (AvgIpc) is 3.12. The monoisotopic (exact) mass is 418 g/mol. The summed E-state index contributed by atoms with van der Waals surface area (Å²) < 4.78 is 6.79. The molecule has 0 saturated heterocycles. The largest absolute Gasteiger partial charge is 0.507 e. The molecule has 4 nitrogen and oxygen atoms in total. The molecule has 0 aliphatic carbocycles. The fraction of sp³-hybridized carbons (Fsp3) is 0. The van der Waals surface area contributed by atoms with Crippen LogP contribution in [0.3, 0.4) is 0 Å². The number of hydrogen-bond acceptors (Lipinski definition) is 4. The van der Waals surface area contributed by atoms with E-state index in [1.807, 2.05) is 60.7 Å². The molecule has 0 bridgehead atoms. The van der Waals surface area contributed by atoms with E-state index >= 15 is 0 Å². The minimum Gasteiger partial charge on any atom is -0.507 e. The maximum Gasteiger partial charge on any atom is 0.231 e. The molecule has 1 heterocycles. The normalized spacial score (nSPS) is 11.7. The van der Waals surface area contributed by atoms with Gasteiger partial charge in [-0.2, -0.15) is 0 Å². The van der Waals surface area contributed by atoms with Gasteiger partial charge in [0, 0.05) is 10.7 Å². The summed E-state index contributed by atoms with van der Waals surface area (Å²) in [5.41, 5.74) is 3.72. The fourth-order valence-corrected chi connectivity index (χ4v) is 2.88. The van der Waals surface area contributed by atoms with E-state index in [0.29, 0.717) is 22.7 Å². The van der Waals surface area contributed by atoms with Crippen molar-refractivity contribution in [1.29, 1.82) is 0 Å². The van der Waals surface area contributed by atoms with Crippen molar-refractivity contribution < 1.29 is 9.52 Å². The first-order valence-electron chi connectivity index (χ1n) is 8.34. The molecule has 0 saturated carbocycles. The molecule has 5 heteroatoms. The van der Waals surface area contributed by atoms with Crippen LogP contribution < -0.4 is 0 Å². The van der Waals surface area contributed by atoms with Gasteiger partial charge in [-0.25, -0.2) is 4.98 Å². The van der Waals surface area contributed by atoms with E-state index in [2.05, 4.69) is 25.9 Å². The van der Waals surface area contributed by atoms with E-state index in [1.54, 1.807) is 24.4 Å². The van der Waals surface area contributed by atoms with Crippen LogP contribution in [0.1, 0.15) is 5.56 Å². The molecule has 0 unspecified atom stereocenters. The van der Waals surface area contributed by atoms with Gasteiger partial charge in [-0.3, -0.25) is 4.99 Å². The molecule has 0 atom stereocenters. The summed E-state index contributed by atoms with van der Waals surface area (Å²) in [5, 5.41) is 10.2. The Bertz CT molecular complexity index is 1110. The molecule has 0 spiro atoms. The fourth-order valence-electron chi connectivity index (χ4n) is 2.62. The van der Waals surface area contributed by atoms with Gasteiger partial charge < -0.3 is 9.52 Å². The summed E-state index contributed by atoms with van der Waals surface area (Å²) in [6.45, 7) is 0. The van der Waals surface area contributed by atoms with Gasteiger partial charge in [0.1, 0.15) is 11.3 Å². The van der Waals surface area contributed by atoms with Crippen molar-refractivity contribution in [3.63, 3.8) is 0 Å². The highest BCUT2D eigenvalue weighted by Gasteiger charge is 2.12. The van der Waals surface area contributed by atoms with Crippen molar-refractivity contribution >= 4 is 45.0 Å². The Labute approximate surface area is 164 Å². The first kappa shape index (κ1) is 17.2. The molecular formula is C22H15BrN2O2. The number of hydrogen-bond donors (Lipinski definition) is 1. The summed E-state index contributed by atoms with van der Waals surface area (Å²) in [4.78, 5) is 8.85. The number of nitrogens with zero attached hydrogens (tertiary/aromatic N) is 2. The second-order valence-electron chi connectivity index (χ2n) is 5.88. The van der Waals surface area contributed by atoms with Crippen molar-refractivity contribution in [2.45, 2.75) is 0 Å². The number of para-hydroxylation sites is 2. The van der Waals surface area contributed by atoms with Crippen LogP contribution >= 0.6 is 15.9 Å². The van der Waals surface area contributed by atoms with Crippen LogP contribution in [-0.4, -0.2) is 16.3 Å². The van der Waals surface area contributed by atoms with Gasteiger partial charge in [0.2, 0.25) is 5.89 Å². The third-order valence-electron chi connectivity index (χ3n) is 3.97. The molecule has 0 amide bonds. The predicted molar refractivity (Wildman–Crippen MR) is 112 cm³/mol. The number of phenolic OH excluding ortho intramolecular Hbond substituents is 1. The smallest absolute Gasteiger partial charge is 0.231 e. The highest BCUT2D eigenvalue weighted by atomic mass is 79.9. The lowest BCUT2D eigenvalue weighted by atomic mass is 10.2. The van der Waals surface area contributed by atoms with Crippen LogP contribution in [0.4, 0.5) is 5.69 Å². The van der Waals surface area contributed by atoms with Crippen molar-refractivity contribution in [2.75, 3.05) is 0 Å². The Morgan fingerprint density at radius 1 is 1.00 bits per heavy atom. The third kappa shape index (κ3) is 3.99. The Balaban J connectivity index is 1.57. The lowest BCUT2D eigenvalue weighted by Gasteiger charge is -2.01. The molecule has 0 aliphatic heterocycles. The summed E-state index contributed by atoms with van der Waals surface area (Å²) >= 11 is 3.42. The minimum atomic E-state index is 0.103. The van der Waals surface area contributed by atoms with E-state index < -0.39 is 0 Å². The number of phenols is 1. The standard InChI is InChI=1S/C22H15BrN2O2/c23-16-9-7-15(8-10-16)4-3-13-24-17-11-12-20(26)18(14-17)22-25-19-5-1-2-6-21(19)27-22/h1-14,26H/b4-3-,24-13?. The topological polar surface area (TPSA) is 58.6 Å². The summed E-state index contributed by atoms with van der Waals surface area (Å²) in [6.07, 6.45) is 5.55. The quantitative estimate of drug-likeness (QED) is 0.391. The zero-order chi connectivity index (χ0) is 18.6. The molecule has 0 fully saturated rings. The maximum atomic E-state index is 10.2.